The molecule has 5 heteroatoms. The van der Waals surface area contributed by atoms with Gasteiger partial charge in [0.05, 0.1) is 18.8 Å². The van der Waals surface area contributed by atoms with Gasteiger partial charge in [0.1, 0.15) is 0 Å². The average molecular weight is 214 g/mol. The van der Waals surface area contributed by atoms with Crippen LogP contribution in [-0.2, 0) is 4.79 Å². The van der Waals surface area contributed by atoms with Gasteiger partial charge < -0.3 is 20.4 Å². The molecule has 0 aromatic rings. The van der Waals surface area contributed by atoms with Crippen LogP contribution < -0.4 is 5.32 Å². The minimum Gasteiger partial charge on any atom is -0.395 e. The first-order chi connectivity index (χ1) is 7.19. The molecular weight excluding hydrogens is 196 g/mol. The normalized spacial score (nSPS) is 25.2. The van der Waals surface area contributed by atoms with E-state index in [1.807, 2.05) is 0 Å². The highest BCUT2D eigenvalue weighted by molar-refractivity contribution is 5.82. The maximum atomic E-state index is 11.9. The summed E-state index contributed by atoms with van der Waals surface area (Å²) in [6.07, 6.45) is 1.62. The first-order valence-electron chi connectivity index (χ1n) is 5.11. The number of rotatable bonds is 5. The number of nitrogens with zero attached hydrogens (tertiary/aromatic N) is 1. The number of aliphatic hydroxyl groups is 2. The number of hydrogen-bond donors (Lipinski definition) is 3. The lowest BCUT2D eigenvalue weighted by molar-refractivity contribution is -0.133. The summed E-state index contributed by atoms with van der Waals surface area (Å²) in [4.78, 5) is 13.4. The summed E-state index contributed by atoms with van der Waals surface area (Å²) in [6.45, 7) is 4.69. The maximum absolute atomic E-state index is 11.9. The van der Waals surface area contributed by atoms with E-state index in [1.165, 1.54) is 4.90 Å². The molecule has 1 aliphatic rings. The predicted molar refractivity (Wildman–Crippen MR) is 56.3 cm³/mol. The van der Waals surface area contributed by atoms with Gasteiger partial charge in [-0.15, -0.1) is 6.58 Å². The lowest BCUT2D eigenvalue weighted by Gasteiger charge is -2.23. The first kappa shape index (κ1) is 12.2. The molecule has 1 rings (SSSR count). The minimum atomic E-state index is -0.446. The summed E-state index contributed by atoms with van der Waals surface area (Å²) in [6, 6.07) is -0.327. The Bertz CT molecular complexity index is 233. The highest BCUT2D eigenvalue weighted by Gasteiger charge is 2.30. The Morgan fingerprint density at radius 3 is 2.87 bits per heavy atom. The highest BCUT2D eigenvalue weighted by atomic mass is 16.3. The fraction of sp³-hybridized carbons (Fsp3) is 0.700. The monoisotopic (exact) mass is 214 g/mol. The van der Waals surface area contributed by atoms with Crippen LogP contribution >= 0.6 is 0 Å². The van der Waals surface area contributed by atoms with E-state index in [1.54, 1.807) is 6.08 Å². The van der Waals surface area contributed by atoms with Gasteiger partial charge >= 0.3 is 0 Å². The van der Waals surface area contributed by atoms with Gasteiger partial charge in [0.2, 0.25) is 5.91 Å². The van der Waals surface area contributed by atoms with Crippen LogP contribution in [0.4, 0.5) is 0 Å². The average Bonchev–Trinajstić information content (AvgIpc) is 2.63. The van der Waals surface area contributed by atoms with Crippen LogP contribution in [0.25, 0.3) is 0 Å². The zero-order chi connectivity index (χ0) is 11.3. The lowest BCUT2D eigenvalue weighted by atomic mass is 10.2. The van der Waals surface area contributed by atoms with Crippen molar-refractivity contribution in [1.82, 2.24) is 10.2 Å². The van der Waals surface area contributed by atoms with E-state index in [-0.39, 0.29) is 18.6 Å². The summed E-state index contributed by atoms with van der Waals surface area (Å²) in [5.74, 6) is -0.0829. The summed E-state index contributed by atoms with van der Waals surface area (Å²) >= 11 is 0. The predicted octanol–water partition coefficient (Wildman–Crippen LogP) is -1.28. The topological polar surface area (TPSA) is 72.8 Å². The molecule has 86 valence electrons. The summed E-state index contributed by atoms with van der Waals surface area (Å²) in [5.41, 5.74) is 0. The van der Waals surface area contributed by atoms with Crippen molar-refractivity contribution in [1.29, 1.82) is 0 Å². The van der Waals surface area contributed by atoms with Crippen LogP contribution in [0.5, 0.6) is 0 Å². The van der Waals surface area contributed by atoms with Crippen LogP contribution in [0.15, 0.2) is 12.7 Å². The molecule has 3 N–H and O–H groups in total. The molecule has 0 aromatic carbocycles. The smallest absolute Gasteiger partial charge is 0.240 e. The molecule has 2 unspecified atom stereocenters. The fourth-order valence-corrected chi connectivity index (χ4v) is 1.69. The summed E-state index contributed by atoms with van der Waals surface area (Å²) < 4.78 is 0. The number of β-amino-alcohol motifs (C(OH)–C–C–N with tert-alkyl or cyclic N) is 1. The van der Waals surface area contributed by atoms with E-state index >= 15 is 0 Å². The molecule has 15 heavy (non-hydrogen) atoms. The van der Waals surface area contributed by atoms with Crippen molar-refractivity contribution in [2.75, 3.05) is 26.2 Å². The molecule has 1 saturated heterocycles. The molecule has 0 aromatic heterocycles. The summed E-state index contributed by atoms with van der Waals surface area (Å²) in [7, 11) is 0. The second-order valence-corrected chi connectivity index (χ2v) is 3.65. The van der Waals surface area contributed by atoms with Gasteiger partial charge in [0.25, 0.3) is 0 Å². The van der Waals surface area contributed by atoms with Crippen molar-refractivity contribution in [2.24, 2.45) is 0 Å². The van der Waals surface area contributed by atoms with Gasteiger partial charge in [-0.3, -0.25) is 4.79 Å². The Morgan fingerprint density at radius 2 is 2.40 bits per heavy atom. The van der Waals surface area contributed by atoms with Gasteiger partial charge in [-0.1, -0.05) is 6.08 Å². The zero-order valence-electron chi connectivity index (χ0n) is 8.72. The third-order valence-electron chi connectivity index (χ3n) is 2.44. The van der Waals surface area contributed by atoms with Gasteiger partial charge in [-0.25, -0.2) is 0 Å². The number of nitrogens with one attached hydrogen (secondary N) is 1. The van der Waals surface area contributed by atoms with Crippen molar-refractivity contribution >= 4 is 5.91 Å². The summed E-state index contributed by atoms with van der Waals surface area (Å²) in [5, 5.41) is 21.0. The van der Waals surface area contributed by atoms with Crippen LogP contribution in [0, 0.1) is 0 Å². The Labute approximate surface area is 89.4 Å². The molecule has 1 heterocycles. The third-order valence-corrected chi connectivity index (χ3v) is 2.44. The minimum absolute atomic E-state index is 0.0607. The molecule has 0 saturated carbocycles. The van der Waals surface area contributed by atoms with Gasteiger partial charge in [-0.05, 0) is 6.42 Å². The quantitative estimate of drug-likeness (QED) is 0.498. The lowest BCUT2D eigenvalue weighted by Crippen LogP contribution is -2.44. The van der Waals surface area contributed by atoms with Crippen LogP contribution in [-0.4, -0.2) is 59.4 Å². The van der Waals surface area contributed by atoms with Gasteiger partial charge in [0.15, 0.2) is 0 Å². The third kappa shape index (κ3) is 3.30. The van der Waals surface area contributed by atoms with Crippen molar-refractivity contribution < 1.29 is 15.0 Å². The highest BCUT2D eigenvalue weighted by Crippen LogP contribution is 2.09. The number of carbonyl (C=O) groups is 1. The molecule has 5 nitrogen and oxygen atoms in total. The Morgan fingerprint density at radius 1 is 1.67 bits per heavy atom. The van der Waals surface area contributed by atoms with Gasteiger partial charge in [-0.2, -0.15) is 0 Å². The molecule has 0 aliphatic carbocycles. The SMILES string of the molecule is C=CCN(CCO)C(=O)C1CC(O)CN1. The second kappa shape index (κ2) is 5.85. The van der Waals surface area contributed by atoms with Crippen molar-refractivity contribution in [3.8, 4) is 0 Å². The molecule has 1 amide bonds. The Hall–Kier alpha value is -0.910. The first-order valence-corrected chi connectivity index (χ1v) is 5.11. The van der Waals surface area contributed by atoms with E-state index in [0.29, 0.717) is 26.1 Å². The van der Waals surface area contributed by atoms with Crippen LogP contribution in [0.2, 0.25) is 0 Å². The largest absolute Gasteiger partial charge is 0.395 e. The van der Waals surface area contributed by atoms with Crippen LogP contribution in [0.3, 0.4) is 0 Å². The standard InChI is InChI=1S/C10H18N2O3/c1-2-3-12(4-5-13)10(15)9-6-8(14)7-11-9/h2,8-9,11,13-14H,1,3-7H2. The number of hydrogen-bond acceptors (Lipinski definition) is 4. The van der Waals surface area contributed by atoms with Gasteiger partial charge in [0, 0.05) is 19.6 Å². The number of aliphatic hydroxyl groups excluding tert-OH is 2. The molecule has 0 radical (unpaired) electrons. The van der Waals surface area contributed by atoms with E-state index in [4.69, 9.17) is 5.11 Å². The van der Waals surface area contributed by atoms with Crippen molar-refractivity contribution in [2.45, 2.75) is 18.6 Å². The second-order valence-electron chi connectivity index (χ2n) is 3.65. The fourth-order valence-electron chi connectivity index (χ4n) is 1.69. The van der Waals surface area contributed by atoms with Crippen molar-refractivity contribution in [3.63, 3.8) is 0 Å². The van der Waals surface area contributed by atoms with Crippen molar-refractivity contribution in [3.05, 3.63) is 12.7 Å². The zero-order valence-corrected chi connectivity index (χ0v) is 8.72. The van der Waals surface area contributed by atoms with E-state index in [0.717, 1.165) is 0 Å². The molecule has 0 bridgehead atoms. The van der Waals surface area contributed by atoms with E-state index in [9.17, 15) is 9.90 Å². The number of carbonyl (C=O) groups excluding carboxylic acids is 1. The Kier molecular flexibility index (Phi) is 4.74. The molecule has 1 fully saturated rings. The molecular formula is C10H18N2O3. The van der Waals surface area contributed by atoms with E-state index in [2.05, 4.69) is 11.9 Å². The van der Waals surface area contributed by atoms with E-state index < -0.39 is 6.10 Å². The number of amides is 1. The molecule has 2 atom stereocenters. The van der Waals surface area contributed by atoms with Crippen LogP contribution in [0.1, 0.15) is 6.42 Å². The maximum Gasteiger partial charge on any atom is 0.240 e. The molecule has 1 aliphatic heterocycles. The molecule has 0 spiro atoms. The Balaban J connectivity index is 2.51.